The number of amides is 1. The van der Waals surface area contributed by atoms with E-state index < -0.39 is 92.7 Å². The lowest BCUT2D eigenvalue weighted by atomic mass is 9.97. The Bertz CT molecular complexity index is 941. The van der Waals surface area contributed by atoms with Crippen LogP contribution in [0.5, 0.6) is 0 Å². The van der Waals surface area contributed by atoms with Gasteiger partial charge in [-0.1, -0.05) is 122 Å². The minimum atomic E-state index is -1.78. The van der Waals surface area contributed by atoms with Crippen LogP contribution >= 0.6 is 0 Å². The Labute approximate surface area is 310 Å². The maximum absolute atomic E-state index is 11.9. The third-order valence-corrected chi connectivity index (χ3v) is 10.0. The molecule has 2 rings (SSSR count). The van der Waals surface area contributed by atoms with Crippen LogP contribution in [0.3, 0.4) is 0 Å². The maximum Gasteiger partial charge on any atom is 0.217 e. The molecule has 0 bridgehead atoms. The quantitative estimate of drug-likeness (QED) is 0.0413. The van der Waals surface area contributed by atoms with Gasteiger partial charge in [0.15, 0.2) is 12.6 Å². The van der Waals surface area contributed by atoms with Crippen LogP contribution in [0.25, 0.3) is 0 Å². The predicted octanol–water partition coefficient (Wildman–Crippen LogP) is 2.09. The normalized spacial score (nSPS) is 30.8. The summed E-state index contributed by atoms with van der Waals surface area (Å²) in [6.45, 7) is 1.82. The first-order valence-corrected chi connectivity index (χ1v) is 19.9. The van der Waals surface area contributed by atoms with E-state index in [4.69, 9.17) is 18.9 Å². The van der Waals surface area contributed by atoms with Crippen molar-refractivity contribution in [2.24, 2.45) is 0 Å². The summed E-state index contributed by atoms with van der Waals surface area (Å²) in [5.41, 5.74) is 0. The third kappa shape index (κ3) is 17.0. The molecule has 12 atom stereocenters. The predicted molar refractivity (Wildman–Crippen MR) is 194 cm³/mol. The summed E-state index contributed by atoms with van der Waals surface area (Å²) in [6, 6.07) is -0.909. The summed E-state index contributed by atoms with van der Waals surface area (Å²) < 4.78 is 22.2. The molecule has 0 aromatic rings. The van der Waals surface area contributed by atoms with Crippen molar-refractivity contribution in [1.82, 2.24) is 5.32 Å². The molecule has 14 nitrogen and oxygen atoms in total. The zero-order chi connectivity index (χ0) is 38.3. The fourth-order valence-electron chi connectivity index (χ4n) is 6.74. The SMILES string of the molecule is CCCCCCCCCCCCCCCCCCC/C=C/C(O)C(COC1OC(CO)C(OC2OC(CO)C(O)C(O)C2O)C(O)C1O)NC(C)=O. The zero-order valence-corrected chi connectivity index (χ0v) is 31.6. The van der Waals surface area contributed by atoms with Crippen molar-refractivity contribution in [3.8, 4) is 0 Å². The lowest BCUT2D eigenvalue weighted by molar-refractivity contribution is -0.359. The van der Waals surface area contributed by atoms with E-state index in [2.05, 4.69) is 12.2 Å². The number of ether oxygens (including phenoxy) is 4. The molecule has 2 fully saturated rings. The molecule has 2 aliphatic heterocycles. The zero-order valence-electron chi connectivity index (χ0n) is 31.6. The van der Waals surface area contributed by atoms with E-state index in [0.717, 1.165) is 19.3 Å². The molecule has 306 valence electrons. The van der Waals surface area contributed by atoms with Gasteiger partial charge in [0.25, 0.3) is 0 Å². The molecule has 1 amide bonds. The Morgan fingerprint density at radius 2 is 1.15 bits per heavy atom. The van der Waals surface area contributed by atoms with Crippen LogP contribution in [-0.4, -0.2) is 140 Å². The molecule has 52 heavy (non-hydrogen) atoms. The average molecular weight is 750 g/mol. The molecule has 2 saturated heterocycles. The summed E-state index contributed by atoms with van der Waals surface area (Å²) in [4.78, 5) is 11.9. The fourth-order valence-corrected chi connectivity index (χ4v) is 6.74. The van der Waals surface area contributed by atoms with Crippen molar-refractivity contribution >= 4 is 5.91 Å². The maximum atomic E-state index is 11.9. The number of allylic oxidation sites excluding steroid dienone is 1. The van der Waals surface area contributed by atoms with Gasteiger partial charge < -0.3 is 65.1 Å². The van der Waals surface area contributed by atoms with Gasteiger partial charge in [0.1, 0.15) is 48.8 Å². The molecule has 9 N–H and O–H groups in total. The van der Waals surface area contributed by atoms with Gasteiger partial charge in [0, 0.05) is 6.92 Å². The van der Waals surface area contributed by atoms with Crippen molar-refractivity contribution in [3.63, 3.8) is 0 Å². The van der Waals surface area contributed by atoms with Gasteiger partial charge in [-0.25, -0.2) is 0 Å². The molecule has 0 aromatic carbocycles. The minimum Gasteiger partial charge on any atom is -0.394 e. The van der Waals surface area contributed by atoms with Gasteiger partial charge in [-0.3, -0.25) is 4.79 Å². The number of aliphatic hydroxyl groups excluding tert-OH is 8. The van der Waals surface area contributed by atoms with E-state index in [9.17, 15) is 45.6 Å². The average Bonchev–Trinajstić information content (AvgIpc) is 3.13. The van der Waals surface area contributed by atoms with Crippen LogP contribution in [0, 0.1) is 0 Å². The smallest absolute Gasteiger partial charge is 0.217 e. The highest BCUT2D eigenvalue weighted by Gasteiger charge is 2.50. The summed E-state index contributed by atoms with van der Waals surface area (Å²) in [7, 11) is 0. The summed E-state index contributed by atoms with van der Waals surface area (Å²) >= 11 is 0. The Morgan fingerprint density at radius 3 is 1.65 bits per heavy atom. The van der Waals surface area contributed by atoms with Gasteiger partial charge in [0.05, 0.1) is 32.0 Å². The second-order valence-corrected chi connectivity index (χ2v) is 14.5. The van der Waals surface area contributed by atoms with E-state index >= 15 is 0 Å². The number of carbonyl (C=O) groups is 1. The standard InChI is InChI=1S/C38H71NO13/c1-3-4-5-6-7-8-9-10-11-12-13-14-15-16-17-18-19-20-21-22-28(43)27(39-26(2)42)25-49-37-35(48)33(46)36(30(24-41)51-37)52-38-34(47)32(45)31(44)29(23-40)50-38/h21-22,27-38,40-41,43-48H,3-20,23-25H2,1-2H3,(H,39,42)/b22-21+. The molecule has 12 unspecified atom stereocenters. The Kier molecular flexibility index (Phi) is 24.6. The number of hydrogen-bond donors (Lipinski definition) is 9. The number of rotatable bonds is 28. The number of hydrogen-bond acceptors (Lipinski definition) is 13. The van der Waals surface area contributed by atoms with Crippen molar-refractivity contribution < 1.29 is 64.6 Å². The second kappa shape index (κ2) is 27.3. The first kappa shape index (κ1) is 46.9. The van der Waals surface area contributed by atoms with Crippen molar-refractivity contribution in [1.29, 1.82) is 0 Å². The molecule has 0 spiro atoms. The molecule has 0 saturated carbocycles. The highest BCUT2D eigenvalue weighted by molar-refractivity contribution is 5.73. The van der Waals surface area contributed by atoms with Gasteiger partial charge in [-0.05, 0) is 12.8 Å². The topological polar surface area (TPSA) is 228 Å². The minimum absolute atomic E-state index is 0.310. The van der Waals surface area contributed by atoms with Crippen LogP contribution in [0.1, 0.15) is 129 Å². The Balaban J connectivity index is 1.67. The monoisotopic (exact) mass is 749 g/mol. The van der Waals surface area contributed by atoms with Gasteiger partial charge in [-0.15, -0.1) is 0 Å². The van der Waals surface area contributed by atoms with Crippen molar-refractivity contribution in [2.75, 3.05) is 19.8 Å². The third-order valence-electron chi connectivity index (χ3n) is 10.0. The number of carbonyl (C=O) groups excluding carboxylic acids is 1. The summed E-state index contributed by atoms with van der Waals surface area (Å²) in [6.07, 6.45) is 9.40. The van der Waals surface area contributed by atoms with Gasteiger partial charge in [0.2, 0.25) is 5.91 Å². The molecule has 0 aliphatic carbocycles. The molecule has 2 heterocycles. The van der Waals surface area contributed by atoms with Crippen LogP contribution in [0.2, 0.25) is 0 Å². The number of nitrogens with one attached hydrogen (secondary N) is 1. The molecular weight excluding hydrogens is 678 g/mol. The second-order valence-electron chi connectivity index (χ2n) is 14.5. The lowest BCUT2D eigenvalue weighted by Gasteiger charge is -2.46. The summed E-state index contributed by atoms with van der Waals surface area (Å²) in [5, 5.41) is 84.7. The Hall–Kier alpha value is -1.27. The number of unbranched alkanes of at least 4 members (excludes halogenated alkanes) is 17. The van der Waals surface area contributed by atoms with Crippen molar-refractivity contribution in [3.05, 3.63) is 12.2 Å². The van der Waals surface area contributed by atoms with E-state index in [1.807, 2.05) is 6.08 Å². The van der Waals surface area contributed by atoms with E-state index in [-0.39, 0.29) is 6.61 Å². The molecular formula is C38H71NO13. The van der Waals surface area contributed by atoms with E-state index in [1.54, 1.807) is 6.08 Å². The Morgan fingerprint density at radius 1 is 0.673 bits per heavy atom. The largest absolute Gasteiger partial charge is 0.394 e. The van der Waals surface area contributed by atoms with Gasteiger partial charge >= 0.3 is 0 Å². The van der Waals surface area contributed by atoms with Crippen molar-refractivity contribution in [2.45, 2.75) is 203 Å². The van der Waals surface area contributed by atoms with Crippen LogP contribution < -0.4 is 5.32 Å². The molecule has 0 aromatic heterocycles. The van der Waals surface area contributed by atoms with E-state index in [1.165, 1.54) is 103 Å². The molecule has 14 heteroatoms. The molecule has 2 aliphatic rings. The highest BCUT2D eigenvalue weighted by Crippen LogP contribution is 2.29. The number of aliphatic hydroxyl groups is 8. The van der Waals surface area contributed by atoms with Gasteiger partial charge in [-0.2, -0.15) is 0 Å². The summed E-state index contributed by atoms with van der Waals surface area (Å²) in [5.74, 6) is -0.416. The fraction of sp³-hybridized carbons (Fsp3) is 0.921. The van der Waals surface area contributed by atoms with Crippen LogP contribution in [-0.2, 0) is 23.7 Å². The molecule has 0 radical (unpaired) electrons. The first-order valence-electron chi connectivity index (χ1n) is 19.9. The lowest BCUT2D eigenvalue weighted by Crippen LogP contribution is -2.65. The van der Waals surface area contributed by atoms with Crippen LogP contribution in [0.4, 0.5) is 0 Å². The highest BCUT2D eigenvalue weighted by atomic mass is 16.7. The van der Waals surface area contributed by atoms with E-state index in [0.29, 0.717) is 0 Å². The first-order chi connectivity index (χ1) is 25.0. The van der Waals surface area contributed by atoms with Crippen LogP contribution in [0.15, 0.2) is 12.2 Å².